The second-order valence-corrected chi connectivity index (χ2v) is 2.47. The van der Waals surface area contributed by atoms with Gasteiger partial charge in [-0.2, -0.15) is 13.2 Å². The number of halogens is 3. The molecule has 0 aliphatic carbocycles. The Bertz CT molecular complexity index is 340. The lowest BCUT2D eigenvalue weighted by atomic mass is 10.2. The zero-order valence-corrected chi connectivity index (χ0v) is 6.61. The lowest BCUT2D eigenvalue weighted by Gasteiger charge is -2.01. The van der Waals surface area contributed by atoms with Crippen LogP contribution >= 0.6 is 0 Å². The molecule has 0 amide bonds. The number of hydrogen-bond acceptors (Lipinski definition) is 3. The molecule has 2 N–H and O–H groups in total. The Morgan fingerprint density at radius 1 is 1.54 bits per heavy atom. The van der Waals surface area contributed by atoms with Crippen molar-refractivity contribution in [3.8, 4) is 0 Å². The van der Waals surface area contributed by atoms with E-state index in [9.17, 15) is 18.0 Å². The Labute approximate surface area is 71.3 Å². The molecule has 1 aromatic heterocycles. The van der Waals surface area contributed by atoms with Crippen LogP contribution in [0.2, 0.25) is 0 Å². The molecule has 0 saturated heterocycles. The van der Waals surface area contributed by atoms with Gasteiger partial charge in [-0.05, 0) is 6.92 Å². The van der Waals surface area contributed by atoms with Gasteiger partial charge in [0.25, 0.3) is 0 Å². The SMILES string of the molecule is Cc1cc(N)c(C(=O)C(F)(F)F)o1. The number of hydrogen-bond donors (Lipinski definition) is 1. The number of carbonyl (C=O) groups is 1. The minimum atomic E-state index is -4.95. The quantitative estimate of drug-likeness (QED) is 0.693. The van der Waals surface area contributed by atoms with Gasteiger partial charge < -0.3 is 10.2 Å². The summed E-state index contributed by atoms with van der Waals surface area (Å²) < 4.78 is 40.1. The first-order valence-corrected chi connectivity index (χ1v) is 3.30. The summed E-state index contributed by atoms with van der Waals surface area (Å²) in [5.41, 5.74) is 4.83. The second-order valence-electron chi connectivity index (χ2n) is 2.47. The third-order valence-corrected chi connectivity index (χ3v) is 1.35. The third kappa shape index (κ3) is 1.82. The highest BCUT2D eigenvalue weighted by molar-refractivity contribution is 6.01. The number of nitrogen functional groups attached to an aromatic ring is 1. The van der Waals surface area contributed by atoms with Gasteiger partial charge in [-0.1, -0.05) is 0 Å². The van der Waals surface area contributed by atoms with E-state index in [1.165, 1.54) is 13.0 Å². The van der Waals surface area contributed by atoms with Crippen LogP contribution < -0.4 is 5.73 Å². The average molecular weight is 193 g/mol. The predicted molar refractivity (Wildman–Crippen MR) is 38.2 cm³/mol. The van der Waals surface area contributed by atoms with Gasteiger partial charge in [0.2, 0.25) is 5.76 Å². The summed E-state index contributed by atoms with van der Waals surface area (Å²) in [6, 6.07) is 1.17. The normalized spacial score (nSPS) is 11.7. The third-order valence-electron chi connectivity index (χ3n) is 1.35. The molecule has 0 saturated carbocycles. The van der Waals surface area contributed by atoms with E-state index in [2.05, 4.69) is 4.42 Å². The molecule has 0 unspecified atom stereocenters. The van der Waals surface area contributed by atoms with E-state index in [0.29, 0.717) is 0 Å². The van der Waals surface area contributed by atoms with Crippen LogP contribution in [-0.2, 0) is 0 Å². The van der Waals surface area contributed by atoms with E-state index in [1.54, 1.807) is 0 Å². The zero-order chi connectivity index (χ0) is 10.2. The molecule has 13 heavy (non-hydrogen) atoms. The van der Waals surface area contributed by atoms with Crippen molar-refractivity contribution >= 4 is 11.5 Å². The van der Waals surface area contributed by atoms with Gasteiger partial charge in [-0.3, -0.25) is 4.79 Å². The number of anilines is 1. The highest BCUT2D eigenvalue weighted by Crippen LogP contribution is 2.26. The molecule has 72 valence electrons. The first kappa shape index (κ1) is 9.63. The van der Waals surface area contributed by atoms with Crippen LogP contribution in [0, 0.1) is 6.92 Å². The van der Waals surface area contributed by atoms with Crippen LogP contribution in [0.25, 0.3) is 0 Å². The molecule has 0 spiro atoms. The van der Waals surface area contributed by atoms with E-state index in [4.69, 9.17) is 5.73 Å². The van der Waals surface area contributed by atoms with E-state index < -0.39 is 17.7 Å². The van der Waals surface area contributed by atoms with Gasteiger partial charge in [-0.25, -0.2) is 0 Å². The Kier molecular flexibility index (Phi) is 2.07. The smallest absolute Gasteiger partial charge is 0.456 e. The molecule has 0 bridgehead atoms. The lowest BCUT2D eigenvalue weighted by Crippen LogP contribution is -2.23. The zero-order valence-electron chi connectivity index (χ0n) is 6.61. The summed E-state index contributed by atoms with van der Waals surface area (Å²) in [7, 11) is 0. The minimum absolute atomic E-state index is 0.171. The van der Waals surface area contributed by atoms with Crippen LogP contribution in [0.5, 0.6) is 0 Å². The Balaban J connectivity index is 3.09. The van der Waals surface area contributed by atoms with Gasteiger partial charge in [0.05, 0.1) is 5.69 Å². The van der Waals surface area contributed by atoms with Crippen LogP contribution in [0.4, 0.5) is 18.9 Å². The van der Waals surface area contributed by atoms with Gasteiger partial charge in [0.1, 0.15) is 5.76 Å². The van der Waals surface area contributed by atoms with Crippen molar-refractivity contribution in [3.63, 3.8) is 0 Å². The number of ketones is 1. The monoisotopic (exact) mass is 193 g/mol. The molecular formula is C7H6F3NO2. The van der Waals surface area contributed by atoms with Gasteiger partial charge in [-0.15, -0.1) is 0 Å². The maximum atomic E-state index is 11.9. The van der Waals surface area contributed by atoms with Gasteiger partial charge in [0, 0.05) is 6.07 Å². The Morgan fingerprint density at radius 2 is 2.08 bits per heavy atom. The van der Waals surface area contributed by atoms with Crippen molar-refractivity contribution in [3.05, 3.63) is 17.6 Å². The van der Waals surface area contributed by atoms with Crippen LogP contribution in [0.15, 0.2) is 10.5 Å². The molecule has 0 aromatic carbocycles. The molecule has 1 aromatic rings. The second kappa shape index (κ2) is 2.79. The fourth-order valence-electron chi connectivity index (χ4n) is 0.840. The average Bonchev–Trinajstić information content (AvgIpc) is 2.26. The molecule has 0 aliphatic heterocycles. The van der Waals surface area contributed by atoms with Crippen molar-refractivity contribution in [1.82, 2.24) is 0 Å². The van der Waals surface area contributed by atoms with Crippen molar-refractivity contribution in [2.75, 3.05) is 5.73 Å². The number of rotatable bonds is 1. The van der Waals surface area contributed by atoms with Crippen molar-refractivity contribution in [2.45, 2.75) is 13.1 Å². The van der Waals surface area contributed by atoms with Crippen LogP contribution in [0.3, 0.4) is 0 Å². The summed E-state index contributed by atoms with van der Waals surface area (Å²) in [5, 5.41) is 0. The fourth-order valence-corrected chi connectivity index (χ4v) is 0.840. The van der Waals surface area contributed by atoms with Gasteiger partial charge in [0.15, 0.2) is 0 Å². The van der Waals surface area contributed by atoms with Crippen molar-refractivity contribution < 1.29 is 22.4 Å². The van der Waals surface area contributed by atoms with Crippen molar-refractivity contribution in [1.29, 1.82) is 0 Å². The Morgan fingerprint density at radius 3 is 2.38 bits per heavy atom. The predicted octanol–water partition coefficient (Wildman–Crippen LogP) is 1.92. The molecule has 0 aliphatic rings. The highest BCUT2D eigenvalue weighted by Gasteiger charge is 2.42. The lowest BCUT2D eigenvalue weighted by molar-refractivity contribution is -0.0899. The molecule has 6 heteroatoms. The number of carbonyl (C=O) groups excluding carboxylic acids is 1. The standard InChI is InChI=1S/C7H6F3NO2/c1-3-2-4(11)5(13-3)6(12)7(8,9)10/h2H,11H2,1H3. The molecule has 0 fully saturated rings. The van der Waals surface area contributed by atoms with Crippen LogP contribution in [0.1, 0.15) is 16.3 Å². The number of aryl methyl sites for hydroxylation is 1. The highest BCUT2D eigenvalue weighted by atomic mass is 19.4. The summed E-state index contributed by atoms with van der Waals surface area (Å²) >= 11 is 0. The first-order chi connectivity index (χ1) is 5.82. The molecule has 0 atom stereocenters. The van der Waals surface area contributed by atoms with Crippen molar-refractivity contribution in [2.24, 2.45) is 0 Å². The van der Waals surface area contributed by atoms with Crippen LogP contribution in [-0.4, -0.2) is 12.0 Å². The minimum Gasteiger partial charge on any atom is -0.456 e. The summed E-state index contributed by atoms with van der Waals surface area (Å²) in [4.78, 5) is 10.6. The van der Waals surface area contributed by atoms with E-state index in [-0.39, 0.29) is 11.4 Å². The molecule has 0 radical (unpaired) electrons. The van der Waals surface area contributed by atoms with E-state index >= 15 is 0 Å². The molecular weight excluding hydrogens is 187 g/mol. The largest absolute Gasteiger partial charge is 0.458 e. The number of furan rings is 1. The maximum Gasteiger partial charge on any atom is 0.458 e. The summed E-state index contributed by atoms with van der Waals surface area (Å²) in [6.07, 6.45) is -4.95. The van der Waals surface area contributed by atoms with E-state index in [0.717, 1.165) is 0 Å². The molecule has 1 heterocycles. The first-order valence-electron chi connectivity index (χ1n) is 3.30. The maximum absolute atomic E-state index is 11.9. The molecule has 3 nitrogen and oxygen atoms in total. The number of Topliss-reactive ketones (excluding diaryl/α,β-unsaturated/α-hetero) is 1. The number of nitrogens with two attached hydrogens (primary N) is 1. The Hall–Kier alpha value is -1.46. The fraction of sp³-hybridized carbons (Fsp3) is 0.286. The summed E-state index contributed by atoms with van der Waals surface area (Å²) in [5.74, 6) is -2.73. The van der Waals surface area contributed by atoms with Gasteiger partial charge >= 0.3 is 12.0 Å². The van der Waals surface area contributed by atoms with E-state index in [1.807, 2.05) is 0 Å². The summed E-state index contributed by atoms with van der Waals surface area (Å²) in [6.45, 7) is 1.41. The number of alkyl halides is 3. The molecule has 1 rings (SSSR count). The topological polar surface area (TPSA) is 56.2 Å².